The highest BCUT2D eigenvalue weighted by Crippen LogP contribution is 2.25. The van der Waals surface area contributed by atoms with Crippen LogP contribution in [-0.4, -0.2) is 30.8 Å². The van der Waals surface area contributed by atoms with Gasteiger partial charge in [0.1, 0.15) is 11.4 Å². The van der Waals surface area contributed by atoms with E-state index in [1.165, 1.54) is 11.3 Å². The normalized spacial score (nSPS) is 10.9. The maximum absolute atomic E-state index is 12.4. The van der Waals surface area contributed by atoms with Gasteiger partial charge in [0.15, 0.2) is 5.13 Å². The van der Waals surface area contributed by atoms with Crippen LogP contribution < -0.4 is 5.32 Å². The van der Waals surface area contributed by atoms with Gasteiger partial charge in [0.05, 0.1) is 11.9 Å². The molecule has 4 aromatic heterocycles. The molecule has 0 fully saturated rings. The zero-order chi connectivity index (χ0) is 18.8. The lowest BCUT2D eigenvalue weighted by molar-refractivity contribution is 0.0988. The lowest BCUT2D eigenvalue weighted by atomic mass is 10.2. The van der Waals surface area contributed by atoms with Crippen LogP contribution in [0.15, 0.2) is 46.6 Å². The van der Waals surface area contributed by atoms with Crippen LogP contribution in [0.4, 0.5) is 5.13 Å². The minimum Gasteiger partial charge on any atom is -0.350 e. The fourth-order valence-corrected chi connectivity index (χ4v) is 3.35. The third-order valence-corrected chi connectivity index (χ3v) is 4.82. The molecule has 136 valence electrons. The lowest BCUT2D eigenvalue weighted by Gasteiger charge is -1.98. The van der Waals surface area contributed by atoms with Gasteiger partial charge in [0.2, 0.25) is 5.76 Å². The number of hydrogen-bond donors (Lipinski definition) is 1. The first kappa shape index (κ1) is 17.1. The van der Waals surface area contributed by atoms with E-state index in [4.69, 9.17) is 4.52 Å². The monoisotopic (exact) mass is 380 g/mol. The van der Waals surface area contributed by atoms with Crippen molar-refractivity contribution >= 4 is 22.4 Å². The smallest absolute Gasteiger partial charge is 0.296 e. The molecule has 8 nitrogen and oxygen atoms in total. The molecule has 0 aromatic carbocycles. The summed E-state index contributed by atoms with van der Waals surface area (Å²) in [6.07, 6.45) is 3.42. The van der Waals surface area contributed by atoms with Crippen molar-refractivity contribution in [3.63, 3.8) is 0 Å². The summed E-state index contributed by atoms with van der Waals surface area (Å²) in [7, 11) is 0. The number of carbonyl (C=O) groups is 1. The molecule has 9 heteroatoms. The van der Waals surface area contributed by atoms with Crippen LogP contribution in [0.3, 0.4) is 0 Å². The maximum Gasteiger partial charge on any atom is 0.296 e. The van der Waals surface area contributed by atoms with E-state index >= 15 is 0 Å². The Labute approximate surface area is 158 Å². The van der Waals surface area contributed by atoms with Crippen molar-refractivity contribution in [1.82, 2.24) is 24.9 Å². The van der Waals surface area contributed by atoms with E-state index in [1.807, 2.05) is 42.1 Å². The number of amides is 1. The maximum atomic E-state index is 12.4. The number of anilines is 1. The number of pyridine rings is 1. The van der Waals surface area contributed by atoms with Gasteiger partial charge in [-0.3, -0.25) is 19.8 Å². The van der Waals surface area contributed by atoms with Gasteiger partial charge in [-0.05, 0) is 26.0 Å². The van der Waals surface area contributed by atoms with Gasteiger partial charge >= 0.3 is 0 Å². The molecule has 0 bridgehead atoms. The summed E-state index contributed by atoms with van der Waals surface area (Å²) in [6.45, 7) is 4.73. The van der Waals surface area contributed by atoms with Crippen LogP contribution >= 0.6 is 11.3 Å². The molecule has 0 saturated carbocycles. The second-order valence-electron chi connectivity index (χ2n) is 5.74. The quantitative estimate of drug-likeness (QED) is 0.567. The number of carbonyl (C=O) groups excluding carboxylic acids is 1. The van der Waals surface area contributed by atoms with Crippen LogP contribution in [0.1, 0.15) is 23.2 Å². The number of rotatable bonds is 5. The van der Waals surface area contributed by atoms with Crippen molar-refractivity contribution in [3.05, 3.63) is 53.5 Å². The second-order valence-corrected chi connectivity index (χ2v) is 6.60. The van der Waals surface area contributed by atoms with E-state index in [1.54, 1.807) is 18.5 Å². The van der Waals surface area contributed by atoms with Gasteiger partial charge in [0, 0.05) is 35.4 Å². The van der Waals surface area contributed by atoms with E-state index < -0.39 is 5.91 Å². The van der Waals surface area contributed by atoms with Crippen LogP contribution in [-0.2, 0) is 6.54 Å². The second kappa shape index (κ2) is 7.12. The van der Waals surface area contributed by atoms with Crippen LogP contribution in [0.5, 0.6) is 0 Å². The number of aromatic nitrogens is 5. The molecule has 0 aliphatic heterocycles. The largest absolute Gasteiger partial charge is 0.350 e. The molecule has 4 heterocycles. The van der Waals surface area contributed by atoms with E-state index in [9.17, 15) is 4.79 Å². The lowest BCUT2D eigenvalue weighted by Crippen LogP contribution is -2.10. The highest BCUT2D eigenvalue weighted by Gasteiger charge is 2.18. The number of nitrogens with zero attached hydrogens (tertiary/aromatic N) is 5. The summed E-state index contributed by atoms with van der Waals surface area (Å²) in [5.74, 6) is -0.292. The molecule has 0 aliphatic rings. The Morgan fingerprint density at radius 3 is 2.93 bits per heavy atom. The number of nitrogens with one attached hydrogen (secondary N) is 1. The predicted molar refractivity (Wildman–Crippen MR) is 101 cm³/mol. The molecule has 0 unspecified atom stereocenters. The minimum atomic E-state index is -0.406. The first-order valence-corrected chi connectivity index (χ1v) is 9.21. The Hall–Kier alpha value is -3.33. The summed E-state index contributed by atoms with van der Waals surface area (Å²) < 4.78 is 7.07. The summed E-state index contributed by atoms with van der Waals surface area (Å²) in [6, 6.07) is 7.19. The summed E-state index contributed by atoms with van der Waals surface area (Å²) in [5, 5.41) is 13.3. The van der Waals surface area contributed by atoms with Crippen LogP contribution in [0.25, 0.3) is 22.6 Å². The molecule has 4 aromatic rings. The summed E-state index contributed by atoms with van der Waals surface area (Å²) in [4.78, 5) is 21.1. The van der Waals surface area contributed by atoms with Crippen LogP contribution in [0.2, 0.25) is 0 Å². The Kier molecular flexibility index (Phi) is 4.51. The molecule has 0 radical (unpaired) electrons. The molecular weight excluding hydrogens is 364 g/mol. The van der Waals surface area contributed by atoms with Gasteiger partial charge in [-0.25, -0.2) is 4.98 Å². The standard InChI is InChI=1S/C18H16N6O2S/c1-3-24-11(2)12(9-20-24)14-8-16(26-23-14)17(25)22-18-21-15(10-27-18)13-6-4-5-7-19-13/h4-10H,3H2,1-2H3,(H,21,22,25). The molecule has 0 atom stereocenters. The minimum absolute atomic E-state index is 0.114. The molecule has 0 saturated heterocycles. The Morgan fingerprint density at radius 1 is 1.30 bits per heavy atom. The van der Waals surface area contributed by atoms with Crippen molar-refractivity contribution in [2.45, 2.75) is 20.4 Å². The molecule has 0 spiro atoms. The van der Waals surface area contributed by atoms with Crippen molar-refractivity contribution in [2.75, 3.05) is 5.32 Å². The highest BCUT2D eigenvalue weighted by atomic mass is 32.1. The van der Waals surface area contributed by atoms with Crippen molar-refractivity contribution in [2.24, 2.45) is 0 Å². The molecule has 1 N–H and O–H groups in total. The molecule has 27 heavy (non-hydrogen) atoms. The van der Waals surface area contributed by atoms with E-state index in [0.717, 1.165) is 23.5 Å². The summed E-state index contributed by atoms with van der Waals surface area (Å²) >= 11 is 1.32. The number of thiazole rings is 1. The van der Waals surface area contributed by atoms with Gasteiger partial charge in [-0.2, -0.15) is 5.10 Å². The van der Waals surface area contributed by atoms with Gasteiger partial charge in [0.25, 0.3) is 5.91 Å². The zero-order valence-corrected chi connectivity index (χ0v) is 15.5. The first-order chi connectivity index (χ1) is 13.2. The molecule has 4 rings (SSSR count). The fraction of sp³-hybridized carbons (Fsp3) is 0.167. The average Bonchev–Trinajstić information content (AvgIpc) is 3.42. The Morgan fingerprint density at radius 2 is 2.19 bits per heavy atom. The molecule has 0 aliphatic carbocycles. The van der Waals surface area contributed by atoms with Gasteiger partial charge in [-0.1, -0.05) is 11.2 Å². The Bertz CT molecular complexity index is 1080. The third kappa shape index (κ3) is 3.36. The van der Waals surface area contributed by atoms with Crippen molar-refractivity contribution in [1.29, 1.82) is 0 Å². The van der Waals surface area contributed by atoms with E-state index in [2.05, 4.69) is 25.5 Å². The number of aryl methyl sites for hydroxylation is 1. The van der Waals surface area contributed by atoms with Crippen molar-refractivity contribution in [3.8, 4) is 22.6 Å². The van der Waals surface area contributed by atoms with Gasteiger partial charge < -0.3 is 4.52 Å². The summed E-state index contributed by atoms with van der Waals surface area (Å²) in [5.41, 5.74) is 3.84. The van der Waals surface area contributed by atoms with Crippen molar-refractivity contribution < 1.29 is 9.32 Å². The molecular formula is C18H16N6O2S. The van der Waals surface area contributed by atoms with Gasteiger partial charge in [-0.15, -0.1) is 11.3 Å². The number of hydrogen-bond acceptors (Lipinski definition) is 7. The molecule has 1 amide bonds. The topological polar surface area (TPSA) is 98.7 Å². The van der Waals surface area contributed by atoms with E-state index in [0.29, 0.717) is 16.5 Å². The SMILES string of the molecule is CCn1ncc(-c2cc(C(=O)Nc3nc(-c4ccccn4)cs3)on2)c1C. The fourth-order valence-electron chi connectivity index (χ4n) is 2.65. The highest BCUT2D eigenvalue weighted by molar-refractivity contribution is 7.14. The Balaban J connectivity index is 1.50. The third-order valence-electron chi connectivity index (χ3n) is 4.06. The van der Waals surface area contributed by atoms with E-state index in [-0.39, 0.29) is 5.76 Å². The van der Waals surface area contributed by atoms with Crippen LogP contribution in [0, 0.1) is 6.92 Å². The predicted octanol–water partition coefficient (Wildman–Crippen LogP) is 3.64. The average molecular weight is 380 g/mol. The first-order valence-electron chi connectivity index (χ1n) is 8.33. The zero-order valence-electron chi connectivity index (χ0n) is 14.7.